The van der Waals surface area contributed by atoms with E-state index in [-0.39, 0.29) is 23.7 Å². The van der Waals surface area contributed by atoms with Crippen molar-refractivity contribution in [2.75, 3.05) is 13.1 Å². The molecular formula is C24H31FN2O. The van der Waals surface area contributed by atoms with E-state index in [1.54, 1.807) is 0 Å². The molecule has 1 N–H and O–H groups in total. The van der Waals surface area contributed by atoms with Gasteiger partial charge in [-0.1, -0.05) is 42.8 Å². The summed E-state index contributed by atoms with van der Waals surface area (Å²) >= 11 is 0. The van der Waals surface area contributed by atoms with Crippen LogP contribution in [-0.4, -0.2) is 23.9 Å². The van der Waals surface area contributed by atoms with E-state index in [4.69, 9.17) is 0 Å². The second-order valence-corrected chi connectivity index (χ2v) is 8.03. The van der Waals surface area contributed by atoms with Crippen molar-refractivity contribution >= 4 is 5.91 Å². The molecule has 2 aromatic rings. The van der Waals surface area contributed by atoms with Gasteiger partial charge in [-0.15, -0.1) is 0 Å². The van der Waals surface area contributed by atoms with Crippen LogP contribution in [0.2, 0.25) is 0 Å². The summed E-state index contributed by atoms with van der Waals surface area (Å²) in [6.45, 7) is 8.82. The minimum absolute atomic E-state index is 0.00834. The van der Waals surface area contributed by atoms with E-state index in [9.17, 15) is 9.18 Å². The highest BCUT2D eigenvalue weighted by molar-refractivity contribution is 5.79. The SMILES string of the molecule is CC[C@H](NC(=O)[C@H]1CCCN(Cc2ccc(F)cc2)C1)c1ccc(C)cc1C. The van der Waals surface area contributed by atoms with Crippen molar-refractivity contribution in [2.24, 2.45) is 5.92 Å². The first-order chi connectivity index (χ1) is 13.5. The molecule has 0 saturated carbocycles. The van der Waals surface area contributed by atoms with Gasteiger partial charge in [-0.25, -0.2) is 4.39 Å². The van der Waals surface area contributed by atoms with Crippen LogP contribution in [0.4, 0.5) is 4.39 Å². The fourth-order valence-corrected chi connectivity index (χ4v) is 4.17. The predicted octanol–water partition coefficient (Wildman–Crippen LogP) is 4.92. The molecule has 4 heteroatoms. The Kier molecular flexibility index (Phi) is 6.84. The smallest absolute Gasteiger partial charge is 0.224 e. The molecule has 0 bridgehead atoms. The molecule has 3 rings (SSSR count). The van der Waals surface area contributed by atoms with Crippen LogP contribution in [0.3, 0.4) is 0 Å². The number of nitrogens with zero attached hydrogens (tertiary/aromatic N) is 1. The first-order valence-electron chi connectivity index (χ1n) is 10.3. The van der Waals surface area contributed by atoms with Crippen LogP contribution < -0.4 is 5.32 Å². The molecule has 0 radical (unpaired) electrons. The molecule has 28 heavy (non-hydrogen) atoms. The van der Waals surface area contributed by atoms with Crippen molar-refractivity contribution < 1.29 is 9.18 Å². The average molecular weight is 383 g/mol. The van der Waals surface area contributed by atoms with Gasteiger partial charge in [0.1, 0.15) is 5.82 Å². The molecule has 1 amide bonds. The monoisotopic (exact) mass is 382 g/mol. The number of benzene rings is 2. The molecule has 1 heterocycles. The second kappa shape index (κ2) is 9.33. The third kappa shape index (κ3) is 5.20. The van der Waals surface area contributed by atoms with Crippen LogP contribution >= 0.6 is 0 Å². The number of likely N-dealkylation sites (tertiary alicyclic amines) is 1. The zero-order valence-electron chi connectivity index (χ0n) is 17.2. The van der Waals surface area contributed by atoms with Crippen molar-refractivity contribution in [3.63, 3.8) is 0 Å². The summed E-state index contributed by atoms with van der Waals surface area (Å²) in [5.41, 5.74) is 4.77. The summed E-state index contributed by atoms with van der Waals surface area (Å²) in [5.74, 6) is -0.0544. The fourth-order valence-electron chi connectivity index (χ4n) is 4.17. The van der Waals surface area contributed by atoms with Crippen LogP contribution in [0, 0.1) is 25.6 Å². The quantitative estimate of drug-likeness (QED) is 0.769. The largest absolute Gasteiger partial charge is 0.349 e. The Labute approximate surface area is 167 Å². The Bertz CT molecular complexity index is 803. The number of rotatable bonds is 6. The molecule has 0 spiro atoms. The van der Waals surface area contributed by atoms with Gasteiger partial charge in [0.05, 0.1) is 12.0 Å². The number of hydrogen-bond donors (Lipinski definition) is 1. The van der Waals surface area contributed by atoms with E-state index >= 15 is 0 Å². The molecule has 150 valence electrons. The maximum atomic E-state index is 13.1. The second-order valence-electron chi connectivity index (χ2n) is 8.03. The van der Waals surface area contributed by atoms with Gasteiger partial charge in [0.2, 0.25) is 5.91 Å². The van der Waals surface area contributed by atoms with Gasteiger partial charge >= 0.3 is 0 Å². The summed E-state index contributed by atoms with van der Waals surface area (Å²) in [5, 5.41) is 3.29. The molecule has 3 nitrogen and oxygen atoms in total. The summed E-state index contributed by atoms with van der Waals surface area (Å²) < 4.78 is 13.1. The maximum absolute atomic E-state index is 13.1. The van der Waals surface area contributed by atoms with E-state index in [2.05, 4.69) is 49.2 Å². The normalized spacial score (nSPS) is 18.6. The predicted molar refractivity (Wildman–Crippen MR) is 111 cm³/mol. The van der Waals surface area contributed by atoms with Gasteiger partial charge in [0.15, 0.2) is 0 Å². The topological polar surface area (TPSA) is 32.3 Å². The van der Waals surface area contributed by atoms with Gasteiger partial charge in [-0.05, 0) is 68.5 Å². The van der Waals surface area contributed by atoms with E-state index < -0.39 is 0 Å². The lowest BCUT2D eigenvalue weighted by molar-refractivity contribution is -0.127. The van der Waals surface area contributed by atoms with Gasteiger partial charge in [0.25, 0.3) is 0 Å². The Morgan fingerprint density at radius 1 is 1.21 bits per heavy atom. The van der Waals surface area contributed by atoms with Crippen LogP contribution in [-0.2, 0) is 11.3 Å². The van der Waals surface area contributed by atoms with Gasteiger partial charge in [0, 0.05) is 13.1 Å². The molecule has 1 fully saturated rings. The molecular weight excluding hydrogens is 351 g/mol. The molecule has 0 aliphatic carbocycles. The molecule has 0 aromatic heterocycles. The lowest BCUT2D eigenvalue weighted by Gasteiger charge is -2.33. The number of piperidine rings is 1. The van der Waals surface area contributed by atoms with E-state index in [0.717, 1.165) is 44.5 Å². The van der Waals surface area contributed by atoms with Crippen LogP contribution in [0.15, 0.2) is 42.5 Å². The molecule has 1 aliphatic rings. The van der Waals surface area contributed by atoms with Gasteiger partial charge in [-0.2, -0.15) is 0 Å². The van der Waals surface area contributed by atoms with Gasteiger partial charge < -0.3 is 5.32 Å². The summed E-state index contributed by atoms with van der Waals surface area (Å²) in [6.07, 6.45) is 2.82. The highest BCUT2D eigenvalue weighted by atomic mass is 19.1. The van der Waals surface area contributed by atoms with E-state index in [0.29, 0.717) is 0 Å². The average Bonchev–Trinajstić information content (AvgIpc) is 2.68. The molecule has 1 aliphatic heterocycles. The zero-order chi connectivity index (χ0) is 20.1. The molecule has 0 unspecified atom stereocenters. The van der Waals surface area contributed by atoms with Gasteiger partial charge in [-0.3, -0.25) is 9.69 Å². The van der Waals surface area contributed by atoms with Crippen molar-refractivity contribution in [3.05, 3.63) is 70.5 Å². The minimum Gasteiger partial charge on any atom is -0.349 e. The minimum atomic E-state index is -0.211. The van der Waals surface area contributed by atoms with Crippen LogP contribution in [0.25, 0.3) is 0 Å². The third-order valence-electron chi connectivity index (χ3n) is 5.72. The van der Waals surface area contributed by atoms with Crippen molar-refractivity contribution in [1.29, 1.82) is 0 Å². The Balaban J connectivity index is 1.61. The van der Waals surface area contributed by atoms with Crippen molar-refractivity contribution in [2.45, 2.75) is 52.6 Å². The van der Waals surface area contributed by atoms with Crippen LogP contribution in [0.5, 0.6) is 0 Å². The molecule has 2 atom stereocenters. The lowest BCUT2D eigenvalue weighted by Crippen LogP contribution is -2.43. The Hall–Kier alpha value is -2.20. The van der Waals surface area contributed by atoms with Crippen molar-refractivity contribution in [3.8, 4) is 0 Å². The van der Waals surface area contributed by atoms with Crippen LogP contribution in [0.1, 0.15) is 54.5 Å². The number of nitrogens with one attached hydrogen (secondary N) is 1. The third-order valence-corrected chi connectivity index (χ3v) is 5.72. The zero-order valence-corrected chi connectivity index (χ0v) is 17.2. The summed E-state index contributed by atoms with van der Waals surface area (Å²) in [6, 6.07) is 13.1. The highest BCUT2D eigenvalue weighted by Gasteiger charge is 2.27. The maximum Gasteiger partial charge on any atom is 0.224 e. The number of aryl methyl sites for hydroxylation is 2. The standard InChI is InChI=1S/C24H31FN2O/c1-4-23(22-12-7-17(2)14-18(22)3)26-24(28)20-6-5-13-27(16-20)15-19-8-10-21(25)11-9-19/h7-12,14,20,23H,4-6,13,15-16H2,1-3H3,(H,26,28)/t20-,23-/m0/s1. The van der Waals surface area contributed by atoms with E-state index in [1.165, 1.54) is 28.8 Å². The number of carbonyl (C=O) groups is 1. The first kappa shape index (κ1) is 20.5. The first-order valence-corrected chi connectivity index (χ1v) is 10.3. The Morgan fingerprint density at radius 3 is 2.64 bits per heavy atom. The number of halogens is 1. The molecule has 1 saturated heterocycles. The number of carbonyl (C=O) groups excluding carboxylic acids is 1. The lowest BCUT2D eigenvalue weighted by atomic mass is 9.94. The molecule has 2 aromatic carbocycles. The van der Waals surface area contributed by atoms with Crippen molar-refractivity contribution in [1.82, 2.24) is 10.2 Å². The number of hydrogen-bond acceptors (Lipinski definition) is 2. The summed E-state index contributed by atoms with van der Waals surface area (Å²) in [7, 11) is 0. The Morgan fingerprint density at radius 2 is 1.96 bits per heavy atom. The fraction of sp³-hybridized carbons (Fsp3) is 0.458. The van der Waals surface area contributed by atoms with E-state index in [1.807, 2.05) is 12.1 Å². The summed E-state index contributed by atoms with van der Waals surface area (Å²) in [4.78, 5) is 15.3. The number of amides is 1. The highest BCUT2D eigenvalue weighted by Crippen LogP contribution is 2.24.